The predicted molar refractivity (Wildman–Crippen MR) is 49.5 cm³/mol. The van der Waals surface area contributed by atoms with Crippen LogP contribution in [0.4, 0.5) is 13.2 Å². The molecule has 0 fully saturated rings. The Hall–Kier alpha value is -1.25. The fourth-order valence-electron chi connectivity index (χ4n) is 1.20. The lowest BCUT2D eigenvalue weighted by atomic mass is 10.1. The number of rotatable bonds is 4. The summed E-state index contributed by atoms with van der Waals surface area (Å²) in [5.74, 6) is -3.66. The van der Waals surface area contributed by atoms with E-state index in [1.807, 2.05) is 0 Å². The van der Waals surface area contributed by atoms with Gasteiger partial charge in [0.1, 0.15) is 0 Å². The molecule has 0 saturated carbocycles. The summed E-state index contributed by atoms with van der Waals surface area (Å²) in [4.78, 5) is 0. The molecular formula is C11H11F3. The summed E-state index contributed by atoms with van der Waals surface area (Å²) in [5.41, 5.74) is 0.475. The average Bonchev–Trinajstić information content (AvgIpc) is 2.14. The number of hydrogen-bond acceptors (Lipinski definition) is 0. The molecule has 0 aliphatic heterocycles. The molecule has 1 aromatic rings. The molecule has 0 unspecified atom stereocenters. The molecular weight excluding hydrogens is 189 g/mol. The van der Waals surface area contributed by atoms with Crippen LogP contribution in [0.15, 0.2) is 24.8 Å². The molecule has 0 aliphatic carbocycles. The second-order valence-corrected chi connectivity index (χ2v) is 3.05. The maximum atomic E-state index is 12.7. The minimum Gasteiger partial charge on any atom is -0.204 e. The van der Waals surface area contributed by atoms with Crippen molar-refractivity contribution in [3.8, 4) is 0 Å². The van der Waals surface area contributed by atoms with Crippen LogP contribution in [0.5, 0.6) is 0 Å². The molecule has 3 heteroatoms. The normalized spacial score (nSPS) is 10.2. The van der Waals surface area contributed by atoms with E-state index in [9.17, 15) is 13.2 Å². The van der Waals surface area contributed by atoms with Crippen molar-refractivity contribution in [2.24, 2.45) is 0 Å². The van der Waals surface area contributed by atoms with E-state index in [0.717, 1.165) is 25.0 Å². The SMILES string of the molecule is C=CCCCc1cc(F)c(F)c(F)c1. The molecule has 0 nitrogen and oxygen atoms in total. The highest BCUT2D eigenvalue weighted by Crippen LogP contribution is 2.15. The molecule has 0 bridgehead atoms. The largest absolute Gasteiger partial charge is 0.204 e. The van der Waals surface area contributed by atoms with E-state index < -0.39 is 17.5 Å². The molecule has 0 aliphatic rings. The van der Waals surface area contributed by atoms with E-state index in [1.54, 1.807) is 6.08 Å². The maximum Gasteiger partial charge on any atom is 0.194 e. The molecule has 1 rings (SSSR count). The number of benzene rings is 1. The minimum atomic E-state index is -1.41. The van der Waals surface area contributed by atoms with Gasteiger partial charge in [0.15, 0.2) is 17.5 Å². The summed E-state index contributed by atoms with van der Waals surface area (Å²) in [5, 5.41) is 0. The van der Waals surface area contributed by atoms with Crippen molar-refractivity contribution >= 4 is 0 Å². The van der Waals surface area contributed by atoms with Gasteiger partial charge in [-0.2, -0.15) is 0 Å². The zero-order valence-corrected chi connectivity index (χ0v) is 7.69. The van der Waals surface area contributed by atoms with Gasteiger partial charge in [0, 0.05) is 0 Å². The maximum absolute atomic E-state index is 12.7. The van der Waals surface area contributed by atoms with Gasteiger partial charge in [-0.1, -0.05) is 6.08 Å². The first-order valence-corrected chi connectivity index (χ1v) is 4.39. The van der Waals surface area contributed by atoms with Crippen molar-refractivity contribution in [1.29, 1.82) is 0 Å². The molecule has 0 atom stereocenters. The summed E-state index contributed by atoms with van der Waals surface area (Å²) in [6.07, 6.45) is 3.80. The van der Waals surface area contributed by atoms with Gasteiger partial charge in [0.25, 0.3) is 0 Å². The Kier molecular flexibility index (Phi) is 3.74. The molecule has 14 heavy (non-hydrogen) atoms. The Balaban J connectivity index is 2.74. The van der Waals surface area contributed by atoms with Gasteiger partial charge < -0.3 is 0 Å². The lowest BCUT2D eigenvalue weighted by Gasteiger charge is -2.01. The van der Waals surface area contributed by atoms with E-state index >= 15 is 0 Å². The highest BCUT2D eigenvalue weighted by Gasteiger charge is 2.09. The standard InChI is InChI=1S/C11H11F3/c1-2-3-4-5-8-6-9(12)11(14)10(13)7-8/h2,6-7H,1,3-5H2. The molecule has 0 spiro atoms. The van der Waals surface area contributed by atoms with E-state index in [0.29, 0.717) is 12.0 Å². The van der Waals surface area contributed by atoms with Gasteiger partial charge in [-0.05, 0) is 37.0 Å². The van der Waals surface area contributed by atoms with Crippen LogP contribution in [-0.4, -0.2) is 0 Å². The van der Waals surface area contributed by atoms with Crippen LogP contribution in [0, 0.1) is 17.5 Å². The van der Waals surface area contributed by atoms with Gasteiger partial charge in [-0.3, -0.25) is 0 Å². The van der Waals surface area contributed by atoms with Crippen LogP contribution in [0.3, 0.4) is 0 Å². The smallest absolute Gasteiger partial charge is 0.194 e. The second kappa shape index (κ2) is 4.84. The zero-order valence-electron chi connectivity index (χ0n) is 7.69. The average molecular weight is 200 g/mol. The molecule has 0 heterocycles. The van der Waals surface area contributed by atoms with Crippen molar-refractivity contribution in [3.05, 3.63) is 47.8 Å². The third kappa shape index (κ3) is 2.62. The number of aryl methyl sites for hydroxylation is 1. The van der Waals surface area contributed by atoms with Crippen LogP contribution >= 0.6 is 0 Å². The van der Waals surface area contributed by atoms with E-state index in [2.05, 4.69) is 6.58 Å². The number of allylic oxidation sites excluding steroid dienone is 1. The first kappa shape index (κ1) is 10.8. The quantitative estimate of drug-likeness (QED) is 0.395. The monoisotopic (exact) mass is 200 g/mol. The molecule has 1 aromatic carbocycles. The summed E-state index contributed by atoms with van der Waals surface area (Å²) < 4.78 is 38.0. The van der Waals surface area contributed by atoms with Crippen molar-refractivity contribution < 1.29 is 13.2 Å². The van der Waals surface area contributed by atoms with Gasteiger partial charge in [0.2, 0.25) is 0 Å². The number of halogens is 3. The van der Waals surface area contributed by atoms with Crippen molar-refractivity contribution in [3.63, 3.8) is 0 Å². The molecule has 0 amide bonds. The Morgan fingerprint density at radius 1 is 1.14 bits per heavy atom. The highest BCUT2D eigenvalue weighted by molar-refractivity contribution is 5.19. The van der Waals surface area contributed by atoms with E-state index in [1.165, 1.54) is 0 Å². The zero-order chi connectivity index (χ0) is 10.6. The molecule has 0 radical (unpaired) electrons. The lowest BCUT2D eigenvalue weighted by Crippen LogP contribution is -1.94. The first-order valence-electron chi connectivity index (χ1n) is 4.39. The Morgan fingerprint density at radius 3 is 2.21 bits per heavy atom. The highest BCUT2D eigenvalue weighted by atomic mass is 19.2. The van der Waals surface area contributed by atoms with Crippen molar-refractivity contribution in [1.82, 2.24) is 0 Å². The summed E-state index contributed by atoms with van der Waals surface area (Å²) >= 11 is 0. The third-order valence-corrected chi connectivity index (χ3v) is 1.92. The lowest BCUT2D eigenvalue weighted by molar-refractivity contribution is 0.445. The fourth-order valence-corrected chi connectivity index (χ4v) is 1.20. The van der Waals surface area contributed by atoms with Gasteiger partial charge >= 0.3 is 0 Å². The van der Waals surface area contributed by atoms with Gasteiger partial charge in [-0.25, -0.2) is 13.2 Å². The Morgan fingerprint density at radius 2 is 1.71 bits per heavy atom. The van der Waals surface area contributed by atoms with Gasteiger partial charge in [0.05, 0.1) is 0 Å². The predicted octanol–water partition coefficient (Wildman–Crippen LogP) is 3.61. The van der Waals surface area contributed by atoms with Crippen LogP contribution in [0.2, 0.25) is 0 Å². The van der Waals surface area contributed by atoms with Gasteiger partial charge in [-0.15, -0.1) is 6.58 Å². The number of hydrogen-bond donors (Lipinski definition) is 0. The van der Waals surface area contributed by atoms with Crippen LogP contribution in [0.1, 0.15) is 18.4 Å². The van der Waals surface area contributed by atoms with E-state index in [-0.39, 0.29) is 0 Å². The van der Waals surface area contributed by atoms with Crippen molar-refractivity contribution in [2.45, 2.75) is 19.3 Å². The molecule has 0 aromatic heterocycles. The van der Waals surface area contributed by atoms with Crippen LogP contribution in [-0.2, 0) is 6.42 Å². The Labute approximate surface area is 81.1 Å². The van der Waals surface area contributed by atoms with Crippen LogP contribution in [0.25, 0.3) is 0 Å². The van der Waals surface area contributed by atoms with E-state index in [4.69, 9.17) is 0 Å². The Bertz CT molecular complexity index is 308. The third-order valence-electron chi connectivity index (χ3n) is 1.92. The summed E-state index contributed by atoms with van der Waals surface area (Å²) in [6, 6.07) is 2.06. The van der Waals surface area contributed by atoms with Crippen molar-refractivity contribution in [2.75, 3.05) is 0 Å². The fraction of sp³-hybridized carbons (Fsp3) is 0.273. The molecule has 0 N–H and O–H groups in total. The summed E-state index contributed by atoms with van der Waals surface area (Å²) in [7, 11) is 0. The first-order chi connectivity index (χ1) is 6.65. The minimum absolute atomic E-state index is 0.475. The second-order valence-electron chi connectivity index (χ2n) is 3.05. The molecule has 76 valence electrons. The molecule has 0 saturated heterocycles. The topological polar surface area (TPSA) is 0 Å². The van der Waals surface area contributed by atoms with Crippen LogP contribution < -0.4 is 0 Å². The summed E-state index contributed by atoms with van der Waals surface area (Å²) in [6.45, 7) is 3.53. The number of unbranched alkanes of at least 4 members (excludes halogenated alkanes) is 1.